The number of rotatable bonds is 9. The van der Waals surface area contributed by atoms with Gasteiger partial charge in [0.25, 0.3) is 0 Å². The fraction of sp³-hybridized carbons (Fsp3) is 0.721. The van der Waals surface area contributed by atoms with E-state index >= 15 is 0 Å². The Hall–Kier alpha value is -1.26. The van der Waals surface area contributed by atoms with Crippen LogP contribution in [0.5, 0.6) is 11.5 Å². The highest BCUT2D eigenvalue weighted by Gasteiger charge is 2.29. The zero-order chi connectivity index (χ0) is 33.6. The van der Waals surface area contributed by atoms with Gasteiger partial charge >= 0.3 is 0 Å². The Balaban J connectivity index is 1.31. The van der Waals surface area contributed by atoms with Crippen LogP contribution in [0.1, 0.15) is 189 Å². The first-order chi connectivity index (χ1) is 22.4. The lowest BCUT2D eigenvalue weighted by Gasteiger charge is -2.31. The first-order valence-corrected chi connectivity index (χ1v) is 21.5. The topological polar surface area (TPSA) is 40.5 Å². The number of benzene rings is 2. The molecule has 0 amide bonds. The normalized spacial score (nSPS) is 22.6. The molecule has 5 rings (SSSR count). The fourth-order valence-electron chi connectivity index (χ4n) is 8.43. The summed E-state index contributed by atoms with van der Waals surface area (Å²) in [5.74, 6) is 5.81. The minimum absolute atomic E-state index is 0.0721. The molecule has 0 bridgehead atoms. The standard InChI is InChI=1S/C43H66O2S2/c1-42(2,3)35-23-33(40(44)37(25-35)30-17-12-9-13-18-30)28-46-27-32-21-11-7-8-16-22-39(32)47-29-34-24-36(43(4,5)6)26-38(41(34)45)31-19-14-10-15-20-31/h23-26,30-32,39,44-45H,7-22,27-29H2,1-6H3. The molecular weight excluding hydrogens is 613 g/mol. The molecule has 0 aliphatic heterocycles. The molecule has 262 valence electrons. The summed E-state index contributed by atoms with van der Waals surface area (Å²) in [6, 6.07) is 9.33. The van der Waals surface area contributed by atoms with E-state index in [4.69, 9.17) is 0 Å². The lowest BCUT2D eigenvalue weighted by Crippen LogP contribution is -2.22. The molecule has 0 saturated heterocycles. The van der Waals surface area contributed by atoms with Crippen molar-refractivity contribution < 1.29 is 10.2 Å². The number of hydrogen-bond donors (Lipinski definition) is 2. The van der Waals surface area contributed by atoms with Crippen molar-refractivity contribution in [3.8, 4) is 11.5 Å². The monoisotopic (exact) mass is 678 g/mol. The molecule has 2 aromatic carbocycles. The van der Waals surface area contributed by atoms with Crippen LogP contribution in [0, 0.1) is 5.92 Å². The molecule has 3 aliphatic rings. The Morgan fingerprint density at radius 1 is 0.553 bits per heavy atom. The van der Waals surface area contributed by atoms with Gasteiger partial charge in [0.05, 0.1) is 0 Å². The van der Waals surface area contributed by atoms with Gasteiger partial charge in [-0.05, 0) is 95.1 Å². The molecule has 0 radical (unpaired) electrons. The Kier molecular flexibility index (Phi) is 13.1. The highest BCUT2D eigenvalue weighted by atomic mass is 32.2. The molecule has 3 saturated carbocycles. The predicted molar refractivity (Wildman–Crippen MR) is 208 cm³/mol. The molecule has 2 nitrogen and oxygen atoms in total. The third-order valence-electron chi connectivity index (χ3n) is 11.6. The zero-order valence-electron chi connectivity index (χ0n) is 30.8. The number of phenols is 2. The van der Waals surface area contributed by atoms with Gasteiger partial charge in [-0.25, -0.2) is 0 Å². The molecule has 3 fully saturated rings. The van der Waals surface area contributed by atoms with Gasteiger partial charge in [0.2, 0.25) is 0 Å². The second-order valence-corrected chi connectivity index (χ2v) is 19.7. The van der Waals surface area contributed by atoms with Gasteiger partial charge in [0.15, 0.2) is 0 Å². The maximum atomic E-state index is 11.7. The van der Waals surface area contributed by atoms with Crippen LogP contribution >= 0.6 is 23.5 Å². The molecule has 3 aliphatic carbocycles. The number of hydrogen-bond acceptors (Lipinski definition) is 4. The summed E-state index contributed by atoms with van der Waals surface area (Å²) in [7, 11) is 0. The van der Waals surface area contributed by atoms with Crippen molar-refractivity contribution in [3.63, 3.8) is 0 Å². The van der Waals surface area contributed by atoms with Gasteiger partial charge < -0.3 is 10.2 Å². The fourth-order valence-corrected chi connectivity index (χ4v) is 11.3. The highest BCUT2D eigenvalue weighted by Crippen LogP contribution is 2.45. The summed E-state index contributed by atoms with van der Waals surface area (Å²) in [4.78, 5) is 0. The molecular formula is C43H66O2S2. The Morgan fingerprint density at radius 2 is 0.979 bits per heavy atom. The minimum atomic E-state index is 0.0721. The maximum Gasteiger partial charge on any atom is 0.123 e. The average Bonchev–Trinajstić information content (AvgIpc) is 3.03. The highest BCUT2D eigenvalue weighted by molar-refractivity contribution is 7.99. The van der Waals surface area contributed by atoms with E-state index < -0.39 is 0 Å². The summed E-state index contributed by atoms with van der Waals surface area (Å²) in [6.07, 6.45) is 20.6. The van der Waals surface area contributed by atoms with Gasteiger partial charge in [-0.2, -0.15) is 23.5 Å². The van der Waals surface area contributed by atoms with Crippen molar-refractivity contribution in [2.45, 2.75) is 184 Å². The molecule has 2 atom stereocenters. The second kappa shape index (κ2) is 16.6. The number of aromatic hydroxyl groups is 2. The van der Waals surface area contributed by atoms with E-state index in [2.05, 4.69) is 89.3 Å². The third kappa shape index (κ3) is 9.93. The first kappa shape index (κ1) is 37.0. The van der Waals surface area contributed by atoms with Crippen molar-refractivity contribution in [1.29, 1.82) is 0 Å². The predicted octanol–water partition coefficient (Wildman–Crippen LogP) is 13.3. The van der Waals surface area contributed by atoms with Crippen molar-refractivity contribution in [2.75, 3.05) is 5.75 Å². The third-order valence-corrected chi connectivity index (χ3v) is 14.3. The summed E-state index contributed by atoms with van der Waals surface area (Å²) >= 11 is 4.17. The summed E-state index contributed by atoms with van der Waals surface area (Å²) in [5, 5.41) is 23.9. The lowest BCUT2D eigenvalue weighted by atomic mass is 9.79. The van der Waals surface area contributed by atoms with Crippen LogP contribution in [0.4, 0.5) is 0 Å². The molecule has 4 heteroatoms. The van der Waals surface area contributed by atoms with Crippen molar-refractivity contribution >= 4 is 23.5 Å². The summed E-state index contributed by atoms with van der Waals surface area (Å²) in [5.41, 5.74) is 7.65. The van der Waals surface area contributed by atoms with Crippen molar-refractivity contribution in [2.24, 2.45) is 5.92 Å². The maximum absolute atomic E-state index is 11.7. The van der Waals surface area contributed by atoms with Gasteiger partial charge in [-0.1, -0.05) is 130 Å². The van der Waals surface area contributed by atoms with Crippen molar-refractivity contribution in [3.05, 3.63) is 57.6 Å². The quantitative estimate of drug-likeness (QED) is 0.277. The van der Waals surface area contributed by atoms with Crippen LogP contribution in [0.15, 0.2) is 24.3 Å². The summed E-state index contributed by atoms with van der Waals surface area (Å²) < 4.78 is 0. The van der Waals surface area contributed by atoms with Gasteiger partial charge in [0.1, 0.15) is 11.5 Å². The van der Waals surface area contributed by atoms with Crippen LogP contribution in [-0.2, 0) is 22.3 Å². The van der Waals surface area contributed by atoms with E-state index in [9.17, 15) is 10.2 Å². The van der Waals surface area contributed by atoms with E-state index in [1.807, 2.05) is 0 Å². The van der Waals surface area contributed by atoms with E-state index in [0.29, 0.717) is 34.5 Å². The number of phenolic OH excluding ortho intramolecular Hbond substituents is 2. The van der Waals surface area contributed by atoms with E-state index in [1.54, 1.807) is 0 Å². The minimum Gasteiger partial charge on any atom is -0.507 e. The Morgan fingerprint density at radius 3 is 1.47 bits per heavy atom. The lowest BCUT2D eigenvalue weighted by molar-refractivity contribution is 0.410. The summed E-state index contributed by atoms with van der Waals surface area (Å²) in [6.45, 7) is 13.9. The van der Waals surface area contributed by atoms with Crippen molar-refractivity contribution in [1.82, 2.24) is 0 Å². The molecule has 2 N–H and O–H groups in total. The van der Waals surface area contributed by atoms with E-state index in [1.165, 1.54) is 125 Å². The molecule has 2 aromatic rings. The largest absolute Gasteiger partial charge is 0.507 e. The molecule has 47 heavy (non-hydrogen) atoms. The average molecular weight is 679 g/mol. The van der Waals surface area contributed by atoms with Crippen LogP contribution in [-0.4, -0.2) is 21.2 Å². The van der Waals surface area contributed by atoms with Crippen LogP contribution < -0.4 is 0 Å². The molecule has 0 heterocycles. The molecule has 2 unspecified atom stereocenters. The van der Waals surface area contributed by atoms with E-state index in [0.717, 1.165) is 28.4 Å². The second-order valence-electron chi connectivity index (χ2n) is 17.4. The van der Waals surface area contributed by atoms with Crippen LogP contribution in [0.25, 0.3) is 0 Å². The van der Waals surface area contributed by atoms with Gasteiger partial charge in [-0.3, -0.25) is 0 Å². The molecule has 0 aromatic heterocycles. The van der Waals surface area contributed by atoms with E-state index in [-0.39, 0.29) is 10.8 Å². The smallest absolute Gasteiger partial charge is 0.123 e. The first-order valence-electron chi connectivity index (χ1n) is 19.3. The Bertz CT molecular complexity index is 1290. The molecule has 0 spiro atoms. The number of thioether (sulfide) groups is 2. The Labute approximate surface area is 297 Å². The van der Waals surface area contributed by atoms with Crippen LogP contribution in [0.2, 0.25) is 0 Å². The zero-order valence-corrected chi connectivity index (χ0v) is 32.4. The van der Waals surface area contributed by atoms with Gasteiger partial charge in [0, 0.05) is 27.9 Å². The van der Waals surface area contributed by atoms with Gasteiger partial charge in [-0.15, -0.1) is 0 Å². The van der Waals surface area contributed by atoms with Crippen LogP contribution in [0.3, 0.4) is 0 Å². The SMILES string of the molecule is CC(C)(C)c1cc(CSCC2CCCCCCC2SCc2cc(C(C)(C)C)cc(C3CCCCC3)c2O)c(O)c(C2CCCCC2)c1.